The molecule has 0 aliphatic heterocycles. The van der Waals surface area contributed by atoms with Crippen LogP contribution in [0.2, 0.25) is 0 Å². The quantitative estimate of drug-likeness (QED) is 0.630. The van der Waals surface area contributed by atoms with E-state index in [0.717, 1.165) is 5.56 Å². The zero-order valence-corrected chi connectivity index (χ0v) is 12.8. The van der Waals surface area contributed by atoms with E-state index in [9.17, 15) is 14.8 Å². The summed E-state index contributed by atoms with van der Waals surface area (Å²) in [4.78, 5) is 17.9. The Hall–Kier alpha value is -2.01. The molecule has 0 amide bonds. The average Bonchev–Trinajstić information content (AvgIpc) is 2.40. The Morgan fingerprint density at radius 3 is 2.41 bits per heavy atom. The maximum Gasteiger partial charge on any atom is 0.524 e. The fraction of sp³-hybridized carbons (Fsp3) is 0.200. The number of phosphoric acid groups is 1. The third kappa shape index (κ3) is 4.49. The van der Waals surface area contributed by atoms with E-state index in [1.165, 1.54) is 18.2 Å². The number of phosphoric ester groups is 1. The van der Waals surface area contributed by atoms with Gasteiger partial charge in [-0.1, -0.05) is 19.1 Å². The van der Waals surface area contributed by atoms with Gasteiger partial charge in [-0.2, -0.15) is 0 Å². The van der Waals surface area contributed by atoms with Crippen LogP contribution in [0, 0.1) is 0 Å². The summed E-state index contributed by atoms with van der Waals surface area (Å²) in [6, 6.07) is 10.8. The Bertz CT molecular complexity index is 709. The van der Waals surface area contributed by atoms with Crippen molar-refractivity contribution in [2.24, 2.45) is 0 Å². The monoisotopic (exact) mass is 324 g/mol. The van der Waals surface area contributed by atoms with Gasteiger partial charge >= 0.3 is 7.82 Å². The summed E-state index contributed by atoms with van der Waals surface area (Å²) in [5.41, 5.74) is 1.34. The van der Waals surface area contributed by atoms with Crippen molar-refractivity contribution in [3.05, 3.63) is 53.6 Å². The van der Waals surface area contributed by atoms with Crippen LogP contribution in [-0.2, 0) is 11.0 Å². The molecular weight excluding hydrogens is 307 g/mol. The van der Waals surface area contributed by atoms with E-state index in [1.807, 2.05) is 13.0 Å². The molecule has 0 heterocycles. The van der Waals surface area contributed by atoms with Crippen LogP contribution in [0.4, 0.5) is 0 Å². The van der Waals surface area contributed by atoms with E-state index in [-0.39, 0.29) is 23.2 Å². The third-order valence-electron chi connectivity index (χ3n) is 3.23. The molecule has 2 rings (SSSR count). The number of phenolic OH excluding ortho intramolecular Hbond substituents is 2. The van der Waals surface area contributed by atoms with Gasteiger partial charge < -0.3 is 14.7 Å². The summed E-state index contributed by atoms with van der Waals surface area (Å²) >= 11 is 0. The lowest BCUT2D eigenvalue weighted by Gasteiger charge is -2.16. The smallest absolute Gasteiger partial charge is 0.508 e. The molecular formula is C15H17O6P. The van der Waals surface area contributed by atoms with Crippen molar-refractivity contribution in [2.45, 2.75) is 19.3 Å². The van der Waals surface area contributed by atoms with Gasteiger partial charge in [-0.25, -0.2) is 4.57 Å². The molecule has 0 spiro atoms. The summed E-state index contributed by atoms with van der Waals surface area (Å²) in [6.45, 7) is 1.90. The van der Waals surface area contributed by atoms with Gasteiger partial charge in [-0.3, -0.25) is 9.79 Å². The molecule has 0 fully saturated rings. The van der Waals surface area contributed by atoms with Crippen molar-refractivity contribution >= 4 is 7.82 Å². The minimum atomic E-state index is -4.67. The van der Waals surface area contributed by atoms with Gasteiger partial charge in [0.15, 0.2) is 0 Å². The average molecular weight is 324 g/mol. The van der Waals surface area contributed by atoms with Crippen molar-refractivity contribution in [1.29, 1.82) is 0 Å². The molecule has 0 saturated heterocycles. The highest BCUT2D eigenvalue weighted by molar-refractivity contribution is 7.46. The number of hydrogen-bond acceptors (Lipinski definition) is 4. The van der Waals surface area contributed by atoms with Gasteiger partial charge in [0, 0.05) is 0 Å². The van der Waals surface area contributed by atoms with Crippen LogP contribution < -0.4 is 4.52 Å². The Kier molecular flexibility index (Phi) is 4.76. The summed E-state index contributed by atoms with van der Waals surface area (Å²) in [7, 11) is -4.67. The first-order valence-electron chi connectivity index (χ1n) is 6.60. The Balaban J connectivity index is 2.28. The SMILES string of the molecule is CC(Cc1cc(O)ccc1OP(=O)(O)O)c1cccc(O)c1. The topological polar surface area (TPSA) is 107 Å². The lowest BCUT2D eigenvalue weighted by molar-refractivity contribution is 0.282. The van der Waals surface area contributed by atoms with Gasteiger partial charge in [-0.05, 0) is 53.8 Å². The van der Waals surface area contributed by atoms with Crippen LogP contribution in [0.1, 0.15) is 24.0 Å². The Morgan fingerprint density at radius 2 is 1.77 bits per heavy atom. The molecule has 0 radical (unpaired) electrons. The minimum Gasteiger partial charge on any atom is -0.508 e. The fourth-order valence-electron chi connectivity index (χ4n) is 2.22. The van der Waals surface area contributed by atoms with Crippen molar-refractivity contribution in [3.63, 3.8) is 0 Å². The maximum absolute atomic E-state index is 11.0. The lowest BCUT2D eigenvalue weighted by Crippen LogP contribution is -2.01. The summed E-state index contributed by atoms with van der Waals surface area (Å²) in [5.74, 6) is 0.106. The highest BCUT2D eigenvalue weighted by atomic mass is 31.2. The standard InChI is InChI=1S/C15H17O6P/c1-10(11-3-2-4-13(16)8-11)7-12-9-14(17)5-6-15(12)21-22(18,19)20/h2-6,8-10,16-17H,7H2,1H3,(H2,18,19,20). The predicted molar refractivity (Wildman–Crippen MR) is 81.0 cm³/mol. The zero-order chi connectivity index (χ0) is 16.3. The Morgan fingerprint density at radius 1 is 1.09 bits per heavy atom. The molecule has 0 saturated carbocycles. The van der Waals surface area contributed by atoms with E-state index in [4.69, 9.17) is 9.79 Å². The molecule has 118 valence electrons. The predicted octanol–water partition coefficient (Wildman–Crippen LogP) is 2.92. The van der Waals surface area contributed by atoms with Crippen LogP contribution >= 0.6 is 7.82 Å². The van der Waals surface area contributed by atoms with Crippen LogP contribution in [0.3, 0.4) is 0 Å². The first-order chi connectivity index (χ1) is 10.2. The van der Waals surface area contributed by atoms with Crippen molar-refractivity contribution in [3.8, 4) is 17.2 Å². The normalized spacial score (nSPS) is 12.9. The van der Waals surface area contributed by atoms with E-state index in [1.54, 1.807) is 18.2 Å². The van der Waals surface area contributed by atoms with Gasteiger partial charge in [0.05, 0.1) is 0 Å². The molecule has 7 heteroatoms. The number of aromatic hydroxyl groups is 2. The fourth-order valence-corrected chi connectivity index (χ4v) is 2.66. The van der Waals surface area contributed by atoms with Gasteiger partial charge in [-0.15, -0.1) is 0 Å². The lowest BCUT2D eigenvalue weighted by atomic mass is 9.93. The summed E-state index contributed by atoms with van der Waals surface area (Å²) in [5, 5.41) is 19.1. The number of benzene rings is 2. The van der Waals surface area contributed by atoms with Crippen molar-refractivity contribution < 1.29 is 29.1 Å². The van der Waals surface area contributed by atoms with Gasteiger partial charge in [0.1, 0.15) is 17.2 Å². The molecule has 2 aromatic carbocycles. The molecule has 1 unspecified atom stereocenters. The van der Waals surface area contributed by atoms with Crippen molar-refractivity contribution in [2.75, 3.05) is 0 Å². The molecule has 4 N–H and O–H groups in total. The summed E-state index contributed by atoms with van der Waals surface area (Å²) in [6.07, 6.45) is 0.382. The number of phenols is 2. The Labute approximate surface area is 127 Å². The van der Waals surface area contributed by atoms with E-state index < -0.39 is 7.82 Å². The van der Waals surface area contributed by atoms with Gasteiger partial charge in [0.25, 0.3) is 0 Å². The molecule has 22 heavy (non-hydrogen) atoms. The van der Waals surface area contributed by atoms with Crippen molar-refractivity contribution in [1.82, 2.24) is 0 Å². The molecule has 0 aliphatic rings. The molecule has 1 atom stereocenters. The second-order valence-corrected chi connectivity index (χ2v) is 6.24. The molecule has 2 aromatic rings. The number of rotatable bonds is 5. The largest absolute Gasteiger partial charge is 0.524 e. The van der Waals surface area contributed by atoms with Crippen LogP contribution in [0.5, 0.6) is 17.2 Å². The number of hydrogen-bond donors (Lipinski definition) is 4. The van der Waals surface area contributed by atoms with Crippen LogP contribution in [0.25, 0.3) is 0 Å². The van der Waals surface area contributed by atoms with E-state index in [0.29, 0.717) is 12.0 Å². The first-order valence-corrected chi connectivity index (χ1v) is 8.13. The molecule has 0 aromatic heterocycles. The second kappa shape index (κ2) is 6.40. The highest BCUT2D eigenvalue weighted by Crippen LogP contribution is 2.41. The summed E-state index contributed by atoms with van der Waals surface area (Å²) < 4.78 is 15.7. The molecule has 6 nitrogen and oxygen atoms in total. The van der Waals surface area contributed by atoms with Gasteiger partial charge in [0.2, 0.25) is 0 Å². The van der Waals surface area contributed by atoms with Crippen LogP contribution in [-0.4, -0.2) is 20.0 Å². The first kappa shape index (κ1) is 16.4. The van der Waals surface area contributed by atoms with Crippen LogP contribution in [0.15, 0.2) is 42.5 Å². The second-order valence-electron chi connectivity index (χ2n) is 5.07. The van der Waals surface area contributed by atoms with E-state index >= 15 is 0 Å². The maximum atomic E-state index is 11.0. The molecule has 0 aliphatic carbocycles. The molecule has 0 bridgehead atoms. The minimum absolute atomic E-state index is 0.0174. The third-order valence-corrected chi connectivity index (χ3v) is 3.66. The zero-order valence-electron chi connectivity index (χ0n) is 11.9. The van der Waals surface area contributed by atoms with E-state index in [2.05, 4.69) is 4.52 Å². The highest BCUT2D eigenvalue weighted by Gasteiger charge is 2.20.